The standard InChI is InChI=1S/C11H16ClN3O2/c1-2-9(16)4-6-14-11(17)15-8-3-5-13-10(12)7-8/h3,5,7,9,16H,2,4,6H2,1H3,(H2,13,14,15,17). The van der Waals surface area contributed by atoms with Gasteiger partial charge in [0.05, 0.1) is 6.10 Å². The zero-order valence-corrected chi connectivity index (χ0v) is 10.4. The number of hydrogen-bond donors (Lipinski definition) is 3. The van der Waals surface area contributed by atoms with Crippen LogP contribution >= 0.6 is 11.6 Å². The molecule has 6 heteroatoms. The fourth-order valence-electron chi connectivity index (χ4n) is 1.21. The van der Waals surface area contributed by atoms with E-state index in [0.717, 1.165) is 0 Å². The van der Waals surface area contributed by atoms with Gasteiger partial charge in [0.15, 0.2) is 0 Å². The van der Waals surface area contributed by atoms with Gasteiger partial charge in [-0.1, -0.05) is 18.5 Å². The van der Waals surface area contributed by atoms with Crippen LogP contribution in [0.3, 0.4) is 0 Å². The maximum atomic E-state index is 11.4. The van der Waals surface area contributed by atoms with Gasteiger partial charge in [-0.25, -0.2) is 9.78 Å². The third-order valence-corrected chi connectivity index (χ3v) is 2.43. The van der Waals surface area contributed by atoms with Gasteiger partial charge >= 0.3 is 6.03 Å². The molecule has 0 aliphatic carbocycles. The van der Waals surface area contributed by atoms with Crippen LogP contribution in [-0.2, 0) is 0 Å². The lowest BCUT2D eigenvalue weighted by atomic mass is 10.2. The zero-order valence-electron chi connectivity index (χ0n) is 9.61. The first-order valence-electron chi connectivity index (χ1n) is 5.46. The Morgan fingerprint density at radius 2 is 2.41 bits per heavy atom. The number of carbonyl (C=O) groups is 1. The highest BCUT2D eigenvalue weighted by Gasteiger charge is 2.04. The molecule has 0 bridgehead atoms. The van der Waals surface area contributed by atoms with Crippen LogP contribution in [0.2, 0.25) is 5.15 Å². The molecule has 0 saturated heterocycles. The van der Waals surface area contributed by atoms with Gasteiger partial charge in [-0.05, 0) is 25.0 Å². The van der Waals surface area contributed by atoms with Crippen molar-refractivity contribution in [3.8, 4) is 0 Å². The van der Waals surface area contributed by atoms with Crippen molar-refractivity contribution in [1.29, 1.82) is 0 Å². The average molecular weight is 258 g/mol. The van der Waals surface area contributed by atoms with Gasteiger partial charge in [0.25, 0.3) is 0 Å². The first kappa shape index (κ1) is 13.7. The second-order valence-corrected chi connectivity index (χ2v) is 3.99. The predicted octanol–water partition coefficient (Wildman–Crippen LogP) is 2.02. The number of hydrogen-bond acceptors (Lipinski definition) is 3. The van der Waals surface area contributed by atoms with Crippen LogP contribution in [-0.4, -0.2) is 28.8 Å². The second-order valence-electron chi connectivity index (χ2n) is 3.60. The summed E-state index contributed by atoms with van der Waals surface area (Å²) in [4.78, 5) is 15.2. The summed E-state index contributed by atoms with van der Waals surface area (Å²) in [6, 6.07) is 2.88. The molecule has 3 N–H and O–H groups in total. The van der Waals surface area contributed by atoms with Crippen LogP contribution in [0, 0.1) is 0 Å². The summed E-state index contributed by atoms with van der Waals surface area (Å²) < 4.78 is 0. The van der Waals surface area contributed by atoms with Gasteiger partial charge in [0.1, 0.15) is 5.15 Å². The van der Waals surface area contributed by atoms with Gasteiger partial charge in [-0.15, -0.1) is 0 Å². The van der Waals surface area contributed by atoms with E-state index in [9.17, 15) is 9.90 Å². The molecule has 94 valence electrons. The molecule has 1 aromatic rings. The Kier molecular flexibility index (Phi) is 5.72. The zero-order chi connectivity index (χ0) is 12.7. The van der Waals surface area contributed by atoms with Crippen LogP contribution in [0.1, 0.15) is 19.8 Å². The minimum Gasteiger partial charge on any atom is -0.393 e. The van der Waals surface area contributed by atoms with E-state index in [0.29, 0.717) is 30.2 Å². The first-order valence-corrected chi connectivity index (χ1v) is 5.84. The SMILES string of the molecule is CCC(O)CCNC(=O)Nc1ccnc(Cl)c1. The van der Waals surface area contributed by atoms with Crippen molar-refractivity contribution < 1.29 is 9.90 Å². The van der Waals surface area contributed by atoms with E-state index in [4.69, 9.17) is 11.6 Å². The maximum Gasteiger partial charge on any atom is 0.319 e. The van der Waals surface area contributed by atoms with Crippen molar-refractivity contribution in [1.82, 2.24) is 10.3 Å². The van der Waals surface area contributed by atoms with Crippen LogP contribution in [0.5, 0.6) is 0 Å². The number of urea groups is 1. The number of nitrogens with zero attached hydrogens (tertiary/aromatic N) is 1. The molecule has 0 spiro atoms. The summed E-state index contributed by atoms with van der Waals surface area (Å²) in [7, 11) is 0. The minimum absolute atomic E-state index is 0.323. The number of anilines is 1. The monoisotopic (exact) mass is 257 g/mol. The Labute approximate surface area is 105 Å². The quantitative estimate of drug-likeness (QED) is 0.707. The Morgan fingerprint density at radius 1 is 1.65 bits per heavy atom. The lowest BCUT2D eigenvalue weighted by molar-refractivity contribution is 0.160. The Hall–Kier alpha value is -1.33. The van der Waals surface area contributed by atoms with Gasteiger partial charge in [0, 0.05) is 18.4 Å². The summed E-state index contributed by atoms with van der Waals surface area (Å²) >= 11 is 5.68. The number of pyridine rings is 1. The fraction of sp³-hybridized carbons (Fsp3) is 0.455. The summed E-state index contributed by atoms with van der Waals surface area (Å²) in [5.41, 5.74) is 0.582. The Bertz CT molecular complexity index is 373. The third kappa shape index (κ3) is 5.51. The van der Waals surface area contributed by atoms with Crippen molar-refractivity contribution >= 4 is 23.3 Å². The van der Waals surface area contributed by atoms with Gasteiger partial charge < -0.3 is 15.7 Å². The number of aromatic nitrogens is 1. The number of aliphatic hydroxyl groups excluding tert-OH is 1. The Balaban J connectivity index is 2.30. The number of aliphatic hydroxyl groups is 1. The number of amides is 2. The number of carbonyl (C=O) groups excluding carboxylic acids is 1. The van der Waals surface area contributed by atoms with Gasteiger partial charge in [0.2, 0.25) is 0 Å². The van der Waals surface area contributed by atoms with Crippen molar-refractivity contribution in [3.63, 3.8) is 0 Å². The van der Waals surface area contributed by atoms with Crippen LogP contribution in [0.15, 0.2) is 18.3 Å². The number of rotatable bonds is 5. The number of nitrogens with one attached hydrogen (secondary N) is 2. The van der Waals surface area contributed by atoms with Crippen molar-refractivity contribution in [3.05, 3.63) is 23.5 Å². The highest BCUT2D eigenvalue weighted by atomic mass is 35.5. The molecule has 2 amide bonds. The van der Waals surface area contributed by atoms with Gasteiger partial charge in [-0.3, -0.25) is 0 Å². The fourth-order valence-corrected chi connectivity index (χ4v) is 1.39. The summed E-state index contributed by atoms with van der Waals surface area (Å²) in [5, 5.41) is 14.9. The van der Waals surface area contributed by atoms with Crippen molar-refractivity contribution in [2.45, 2.75) is 25.9 Å². The molecule has 1 heterocycles. The Morgan fingerprint density at radius 3 is 3.06 bits per heavy atom. The smallest absolute Gasteiger partial charge is 0.319 e. The van der Waals surface area contributed by atoms with Crippen molar-refractivity contribution in [2.24, 2.45) is 0 Å². The molecule has 0 fully saturated rings. The molecule has 17 heavy (non-hydrogen) atoms. The molecule has 0 aliphatic heterocycles. The first-order chi connectivity index (χ1) is 8.11. The lowest BCUT2D eigenvalue weighted by Crippen LogP contribution is -2.31. The lowest BCUT2D eigenvalue weighted by Gasteiger charge is -2.10. The maximum absolute atomic E-state index is 11.4. The van der Waals surface area contributed by atoms with Crippen LogP contribution in [0.4, 0.5) is 10.5 Å². The van der Waals surface area contributed by atoms with E-state index in [1.165, 1.54) is 6.20 Å². The largest absolute Gasteiger partial charge is 0.393 e. The molecular weight excluding hydrogens is 242 g/mol. The van der Waals surface area contributed by atoms with E-state index >= 15 is 0 Å². The minimum atomic E-state index is -0.370. The predicted molar refractivity (Wildman–Crippen MR) is 67.2 cm³/mol. The molecule has 0 aliphatic rings. The van der Waals surface area contributed by atoms with E-state index in [-0.39, 0.29) is 12.1 Å². The van der Waals surface area contributed by atoms with E-state index in [1.807, 2.05) is 6.92 Å². The topological polar surface area (TPSA) is 74.2 Å². The molecule has 1 rings (SSSR count). The molecule has 1 atom stereocenters. The van der Waals surface area contributed by atoms with Crippen LogP contribution < -0.4 is 10.6 Å². The van der Waals surface area contributed by atoms with E-state index in [2.05, 4.69) is 15.6 Å². The van der Waals surface area contributed by atoms with E-state index in [1.54, 1.807) is 12.1 Å². The third-order valence-electron chi connectivity index (χ3n) is 2.22. The molecule has 0 radical (unpaired) electrons. The molecule has 0 aromatic carbocycles. The summed E-state index contributed by atoms with van der Waals surface area (Å²) in [5.74, 6) is 0. The number of halogens is 1. The molecule has 1 aromatic heterocycles. The average Bonchev–Trinajstić information content (AvgIpc) is 2.28. The molecule has 5 nitrogen and oxygen atoms in total. The van der Waals surface area contributed by atoms with Gasteiger partial charge in [-0.2, -0.15) is 0 Å². The van der Waals surface area contributed by atoms with E-state index < -0.39 is 0 Å². The summed E-state index contributed by atoms with van der Waals surface area (Å²) in [6.45, 7) is 2.32. The summed E-state index contributed by atoms with van der Waals surface area (Å²) in [6.07, 6.45) is 2.37. The normalized spacial score (nSPS) is 11.9. The van der Waals surface area contributed by atoms with Crippen molar-refractivity contribution in [2.75, 3.05) is 11.9 Å². The highest BCUT2D eigenvalue weighted by Crippen LogP contribution is 2.11. The highest BCUT2D eigenvalue weighted by molar-refractivity contribution is 6.29. The second kappa shape index (κ2) is 7.09. The molecule has 1 unspecified atom stereocenters. The molecular formula is C11H16ClN3O2. The van der Waals surface area contributed by atoms with Crippen LogP contribution in [0.25, 0.3) is 0 Å². The molecule has 0 saturated carbocycles.